The van der Waals surface area contributed by atoms with E-state index >= 15 is 0 Å². The highest BCUT2D eigenvalue weighted by atomic mass is 16.1. The van der Waals surface area contributed by atoms with Gasteiger partial charge >= 0.3 is 0 Å². The Morgan fingerprint density at radius 2 is 1.26 bits per heavy atom. The maximum Gasteiger partial charge on any atom is 0.194 e. The van der Waals surface area contributed by atoms with E-state index in [4.69, 9.17) is 0 Å². The van der Waals surface area contributed by atoms with E-state index in [1.807, 2.05) is 42.5 Å². The Labute approximate surface area is 110 Å². The van der Waals surface area contributed by atoms with Crippen LogP contribution in [0.3, 0.4) is 0 Å². The third-order valence-electron chi connectivity index (χ3n) is 3.86. The van der Waals surface area contributed by atoms with Gasteiger partial charge in [-0.1, -0.05) is 48.5 Å². The van der Waals surface area contributed by atoms with Crippen LogP contribution in [-0.2, 0) is 0 Å². The van der Waals surface area contributed by atoms with Crippen molar-refractivity contribution in [3.05, 3.63) is 70.8 Å². The normalized spacial score (nSPS) is 16.2. The van der Waals surface area contributed by atoms with Crippen molar-refractivity contribution in [2.24, 2.45) is 0 Å². The summed E-state index contributed by atoms with van der Waals surface area (Å²) in [6, 6.07) is 14.9. The zero-order valence-corrected chi connectivity index (χ0v) is 10.1. The Hall–Kier alpha value is -2.48. The standard InChI is InChI=1S/C17H10O2/c18-15-9-14-10-5-1-4-8-13(10)17(19)16(14)12-7-3-2-6-11(12)15/h1-8H,9H2. The molecular weight excluding hydrogens is 236 g/mol. The van der Waals surface area contributed by atoms with Crippen LogP contribution in [0.25, 0.3) is 11.1 Å². The molecule has 0 unspecified atom stereocenters. The molecule has 90 valence electrons. The minimum atomic E-state index is 0.0468. The van der Waals surface area contributed by atoms with Crippen molar-refractivity contribution in [3.63, 3.8) is 0 Å². The Bertz CT molecular complexity index is 781. The average molecular weight is 246 g/mol. The lowest BCUT2D eigenvalue weighted by Crippen LogP contribution is -2.11. The van der Waals surface area contributed by atoms with Gasteiger partial charge in [-0.05, 0) is 16.7 Å². The number of hydrogen-bond donors (Lipinski definition) is 0. The average Bonchev–Trinajstić information content (AvgIpc) is 2.73. The number of rotatable bonds is 0. The molecule has 0 N–H and O–H groups in total. The first kappa shape index (κ1) is 10.4. The van der Waals surface area contributed by atoms with Gasteiger partial charge in [-0.3, -0.25) is 9.59 Å². The molecule has 2 aromatic carbocycles. The van der Waals surface area contributed by atoms with Crippen molar-refractivity contribution in [1.29, 1.82) is 0 Å². The summed E-state index contributed by atoms with van der Waals surface area (Å²) in [5.74, 6) is 0.143. The van der Waals surface area contributed by atoms with Crippen LogP contribution < -0.4 is 0 Å². The summed E-state index contributed by atoms with van der Waals surface area (Å²) in [6.07, 6.45) is 0.328. The molecule has 0 fully saturated rings. The summed E-state index contributed by atoms with van der Waals surface area (Å²) in [5, 5.41) is 0. The van der Waals surface area contributed by atoms with Gasteiger partial charge in [0, 0.05) is 23.1 Å². The fraction of sp³-hybridized carbons (Fsp3) is 0.0588. The Balaban J connectivity index is 2.06. The fourth-order valence-electron chi connectivity index (χ4n) is 3.02. The largest absolute Gasteiger partial charge is 0.294 e. The number of Topliss-reactive ketones (excluding diaryl/α,β-unsaturated/α-hetero) is 2. The van der Waals surface area contributed by atoms with Crippen LogP contribution in [0.5, 0.6) is 0 Å². The summed E-state index contributed by atoms with van der Waals surface area (Å²) in [5.41, 5.74) is 4.71. The molecule has 0 saturated heterocycles. The van der Waals surface area contributed by atoms with Crippen LogP contribution in [0.15, 0.2) is 48.5 Å². The first-order chi connectivity index (χ1) is 9.27. The highest BCUT2D eigenvalue weighted by molar-refractivity contribution is 6.43. The zero-order chi connectivity index (χ0) is 13.0. The number of fused-ring (bicyclic) bond motifs is 4. The van der Waals surface area contributed by atoms with E-state index in [9.17, 15) is 9.59 Å². The van der Waals surface area contributed by atoms with E-state index in [-0.39, 0.29) is 11.6 Å². The van der Waals surface area contributed by atoms with Gasteiger partial charge in [0.25, 0.3) is 0 Å². The monoisotopic (exact) mass is 246 g/mol. The van der Waals surface area contributed by atoms with Crippen molar-refractivity contribution in [1.82, 2.24) is 0 Å². The van der Waals surface area contributed by atoms with Crippen molar-refractivity contribution >= 4 is 22.7 Å². The van der Waals surface area contributed by atoms with Gasteiger partial charge in [0.1, 0.15) is 0 Å². The highest BCUT2D eigenvalue weighted by Gasteiger charge is 2.36. The van der Waals surface area contributed by atoms with Gasteiger partial charge in [0.05, 0.1) is 0 Å². The summed E-state index contributed by atoms with van der Waals surface area (Å²) in [6.45, 7) is 0. The van der Waals surface area contributed by atoms with E-state index in [1.165, 1.54) is 0 Å². The molecule has 2 heteroatoms. The van der Waals surface area contributed by atoms with Gasteiger partial charge in [0.15, 0.2) is 11.6 Å². The third-order valence-corrected chi connectivity index (χ3v) is 3.86. The molecule has 0 heterocycles. The number of hydrogen-bond acceptors (Lipinski definition) is 2. The van der Waals surface area contributed by atoms with Crippen LogP contribution >= 0.6 is 0 Å². The Morgan fingerprint density at radius 1 is 0.684 bits per heavy atom. The number of ketones is 2. The predicted octanol–water partition coefficient (Wildman–Crippen LogP) is 3.38. The molecule has 0 amide bonds. The molecule has 4 rings (SSSR count). The zero-order valence-electron chi connectivity index (χ0n) is 10.1. The quantitative estimate of drug-likeness (QED) is 0.714. The lowest BCUT2D eigenvalue weighted by atomic mass is 9.85. The molecule has 0 radical (unpaired) electrons. The molecule has 0 atom stereocenters. The second-order valence-electron chi connectivity index (χ2n) is 4.87. The van der Waals surface area contributed by atoms with Crippen molar-refractivity contribution in [3.8, 4) is 0 Å². The van der Waals surface area contributed by atoms with Crippen LogP contribution in [0.2, 0.25) is 0 Å². The molecule has 0 aromatic heterocycles. The Kier molecular flexibility index (Phi) is 1.93. The first-order valence-electron chi connectivity index (χ1n) is 6.27. The van der Waals surface area contributed by atoms with E-state index in [1.54, 1.807) is 6.07 Å². The van der Waals surface area contributed by atoms with Crippen molar-refractivity contribution in [2.75, 3.05) is 0 Å². The number of carbonyl (C=O) groups excluding carboxylic acids is 2. The fourth-order valence-corrected chi connectivity index (χ4v) is 3.02. The van der Waals surface area contributed by atoms with Gasteiger partial charge in [-0.15, -0.1) is 0 Å². The summed E-state index contributed by atoms with van der Waals surface area (Å²) in [7, 11) is 0. The molecule has 2 aliphatic rings. The minimum Gasteiger partial charge on any atom is -0.294 e. The molecule has 0 spiro atoms. The van der Waals surface area contributed by atoms with Gasteiger partial charge in [-0.25, -0.2) is 0 Å². The maximum atomic E-state index is 12.5. The smallest absolute Gasteiger partial charge is 0.194 e. The topological polar surface area (TPSA) is 34.1 Å². The van der Waals surface area contributed by atoms with Gasteiger partial charge < -0.3 is 0 Å². The van der Waals surface area contributed by atoms with Gasteiger partial charge in [0.2, 0.25) is 0 Å². The first-order valence-corrected chi connectivity index (χ1v) is 6.27. The second kappa shape index (κ2) is 3.51. The molecule has 2 aliphatic carbocycles. The van der Waals surface area contributed by atoms with Crippen LogP contribution in [-0.4, -0.2) is 11.6 Å². The SMILES string of the molecule is O=C1CC2=C(C(=O)c3ccccc32)c2ccccc21. The van der Waals surface area contributed by atoms with E-state index < -0.39 is 0 Å². The minimum absolute atomic E-state index is 0.0468. The van der Waals surface area contributed by atoms with Crippen molar-refractivity contribution < 1.29 is 9.59 Å². The number of allylic oxidation sites excluding steroid dienone is 2. The maximum absolute atomic E-state index is 12.5. The van der Waals surface area contributed by atoms with Gasteiger partial charge in [-0.2, -0.15) is 0 Å². The molecule has 0 bridgehead atoms. The molecule has 2 aromatic rings. The lowest BCUT2D eigenvalue weighted by molar-refractivity contribution is 0.0997. The van der Waals surface area contributed by atoms with Crippen molar-refractivity contribution in [2.45, 2.75) is 6.42 Å². The molecular formula is C17H10O2. The van der Waals surface area contributed by atoms with E-state index in [0.29, 0.717) is 12.0 Å². The molecule has 0 saturated carbocycles. The van der Waals surface area contributed by atoms with Crippen LogP contribution in [0.4, 0.5) is 0 Å². The summed E-state index contributed by atoms with van der Waals surface area (Å²) < 4.78 is 0. The summed E-state index contributed by atoms with van der Waals surface area (Å²) in [4.78, 5) is 24.7. The van der Waals surface area contributed by atoms with Crippen LogP contribution in [0, 0.1) is 0 Å². The highest BCUT2D eigenvalue weighted by Crippen LogP contribution is 2.44. The number of benzene rings is 2. The third kappa shape index (κ3) is 1.26. The summed E-state index contributed by atoms with van der Waals surface area (Å²) >= 11 is 0. The molecule has 19 heavy (non-hydrogen) atoms. The second-order valence-corrected chi connectivity index (χ2v) is 4.87. The predicted molar refractivity (Wildman–Crippen MR) is 73.0 cm³/mol. The van der Waals surface area contributed by atoms with Crippen LogP contribution in [0.1, 0.15) is 38.3 Å². The van der Waals surface area contributed by atoms with E-state index in [2.05, 4.69) is 0 Å². The number of carbonyl (C=O) groups is 2. The lowest BCUT2D eigenvalue weighted by Gasteiger charge is -2.16. The molecule has 2 nitrogen and oxygen atoms in total. The Morgan fingerprint density at radius 3 is 2.00 bits per heavy atom. The van der Waals surface area contributed by atoms with E-state index in [0.717, 1.165) is 27.8 Å². The molecule has 0 aliphatic heterocycles.